The van der Waals surface area contributed by atoms with E-state index in [0.29, 0.717) is 6.54 Å². The molecule has 3 aliphatic rings. The monoisotopic (exact) mass is 451 g/mol. The second-order valence-electron chi connectivity index (χ2n) is 9.18. The van der Waals surface area contributed by atoms with Crippen molar-refractivity contribution >= 4 is 11.9 Å². The molecule has 0 unspecified atom stereocenters. The lowest BCUT2D eigenvalue weighted by Gasteiger charge is -2.31. The Morgan fingerprint density at radius 2 is 1.53 bits per heavy atom. The number of carbonyl (C=O) groups is 2. The maximum Gasteiger partial charge on any atom is 0.313 e. The lowest BCUT2D eigenvalue weighted by Crippen LogP contribution is -2.40. The number of hydrogen-bond donors (Lipinski definition) is 0. The zero-order valence-corrected chi connectivity index (χ0v) is 18.6. The molecule has 3 aliphatic heterocycles. The second kappa shape index (κ2) is 8.26. The van der Waals surface area contributed by atoms with Crippen LogP contribution in [0.4, 0.5) is 0 Å². The number of hydrogen-bond acceptors (Lipinski definition) is 4. The molecule has 0 aliphatic carbocycles. The molecule has 2 bridgehead atoms. The van der Waals surface area contributed by atoms with E-state index in [-0.39, 0.29) is 24.5 Å². The van der Waals surface area contributed by atoms with Crippen LogP contribution >= 0.6 is 0 Å². The summed E-state index contributed by atoms with van der Waals surface area (Å²) in [5.74, 6) is -1.67. The third-order valence-electron chi connectivity index (χ3n) is 7.17. The highest BCUT2D eigenvalue weighted by Crippen LogP contribution is 2.54. The molecule has 3 aromatic rings. The molecular weight excluding hydrogens is 426 g/mol. The van der Waals surface area contributed by atoms with Crippen LogP contribution in [0.25, 0.3) is 0 Å². The molecule has 0 aromatic heterocycles. The van der Waals surface area contributed by atoms with E-state index in [1.54, 1.807) is 0 Å². The largest absolute Gasteiger partial charge is 0.460 e. The zero-order chi connectivity index (χ0) is 23.1. The Labute approximate surface area is 198 Å². The van der Waals surface area contributed by atoms with Gasteiger partial charge in [-0.05, 0) is 16.7 Å². The third-order valence-corrected chi connectivity index (χ3v) is 7.17. The fourth-order valence-electron chi connectivity index (χ4n) is 5.66. The summed E-state index contributed by atoms with van der Waals surface area (Å²) < 4.78 is 12.0. The van der Waals surface area contributed by atoms with Crippen LogP contribution in [0.15, 0.2) is 103 Å². The predicted molar refractivity (Wildman–Crippen MR) is 126 cm³/mol. The quantitative estimate of drug-likeness (QED) is 0.414. The van der Waals surface area contributed by atoms with Gasteiger partial charge in [0, 0.05) is 0 Å². The van der Waals surface area contributed by atoms with Crippen LogP contribution in [0.1, 0.15) is 22.7 Å². The van der Waals surface area contributed by atoms with Crippen molar-refractivity contribution in [3.05, 3.63) is 120 Å². The van der Waals surface area contributed by atoms with Gasteiger partial charge in [-0.1, -0.05) is 103 Å². The van der Waals surface area contributed by atoms with Gasteiger partial charge in [0.2, 0.25) is 5.91 Å². The summed E-state index contributed by atoms with van der Waals surface area (Å²) in [4.78, 5) is 29.0. The SMILES string of the molecule is O=C(OCc1ccccc1)[C@H]1[C@H]2C(=O)N(C(c3ccccc3)c3ccccc3)C[C@@]23C=C[C@H]1O3. The summed E-state index contributed by atoms with van der Waals surface area (Å²) in [5, 5.41) is 0. The van der Waals surface area contributed by atoms with Gasteiger partial charge in [0.25, 0.3) is 0 Å². The smallest absolute Gasteiger partial charge is 0.313 e. The minimum absolute atomic E-state index is 0.0637. The highest BCUT2D eigenvalue weighted by Gasteiger charge is 2.68. The second-order valence-corrected chi connectivity index (χ2v) is 9.18. The van der Waals surface area contributed by atoms with E-state index in [1.807, 2.05) is 108 Å². The molecular formula is C29H25NO4. The Morgan fingerprint density at radius 1 is 0.941 bits per heavy atom. The molecule has 0 radical (unpaired) electrons. The minimum atomic E-state index is -0.792. The molecule has 0 saturated carbocycles. The summed E-state index contributed by atoms with van der Waals surface area (Å²) in [6.45, 7) is 0.585. The van der Waals surface area contributed by atoms with E-state index in [4.69, 9.17) is 9.47 Å². The standard InChI is InChI=1S/C29H25NO4/c31-27-25-24(28(32)33-18-20-10-4-1-5-11-20)23-16-17-29(25,34-23)19-30(27)26(21-12-6-2-7-13-21)22-14-8-3-9-15-22/h1-17,23-26H,18-19H2/t23-,24-,25+,29+/m1/s1. The van der Waals surface area contributed by atoms with Gasteiger partial charge < -0.3 is 14.4 Å². The fraction of sp³-hybridized carbons (Fsp3) is 0.241. The van der Waals surface area contributed by atoms with E-state index in [1.165, 1.54) is 0 Å². The average molecular weight is 452 g/mol. The normalized spacial score (nSPS) is 26.8. The van der Waals surface area contributed by atoms with Gasteiger partial charge in [-0.3, -0.25) is 9.59 Å². The van der Waals surface area contributed by atoms with E-state index in [2.05, 4.69) is 0 Å². The maximum absolute atomic E-state index is 14.0. The van der Waals surface area contributed by atoms with Crippen molar-refractivity contribution in [1.82, 2.24) is 4.90 Å². The van der Waals surface area contributed by atoms with Crippen molar-refractivity contribution in [3.8, 4) is 0 Å². The first-order valence-electron chi connectivity index (χ1n) is 11.6. The first kappa shape index (κ1) is 20.9. The van der Waals surface area contributed by atoms with Gasteiger partial charge in [0.1, 0.15) is 18.1 Å². The van der Waals surface area contributed by atoms with Crippen molar-refractivity contribution in [2.75, 3.05) is 6.54 Å². The lowest BCUT2D eigenvalue weighted by atomic mass is 9.77. The summed E-state index contributed by atoms with van der Waals surface area (Å²) in [5.41, 5.74) is 2.18. The van der Waals surface area contributed by atoms with Crippen LogP contribution in [-0.2, 0) is 25.7 Å². The molecule has 3 aromatic carbocycles. The highest BCUT2D eigenvalue weighted by atomic mass is 16.6. The molecule has 2 saturated heterocycles. The Hall–Kier alpha value is -3.70. The van der Waals surface area contributed by atoms with Crippen molar-refractivity contribution in [3.63, 3.8) is 0 Å². The number of likely N-dealkylation sites (tertiary alicyclic amines) is 1. The van der Waals surface area contributed by atoms with Crippen LogP contribution in [-0.4, -0.2) is 35.0 Å². The van der Waals surface area contributed by atoms with E-state index < -0.39 is 23.5 Å². The van der Waals surface area contributed by atoms with E-state index in [9.17, 15) is 9.59 Å². The topological polar surface area (TPSA) is 55.8 Å². The molecule has 34 heavy (non-hydrogen) atoms. The summed E-state index contributed by atoms with van der Waals surface area (Å²) >= 11 is 0. The van der Waals surface area contributed by atoms with Gasteiger partial charge in [-0.2, -0.15) is 0 Å². The van der Waals surface area contributed by atoms with E-state index >= 15 is 0 Å². The Bertz CT molecular complexity index is 1190. The Kier molecular flexibility index (Phi) is 5.07. The van der Waals surface area contributed by atoms with Gasteiger partial charge in [-0.15, -0.1) is 0 Å². The number of fused-ring (bicyclic) bond motifs is 1. The zero-order valence-electron chi connectivity index (χ0n) is 18.6. The molecule has 5 nitrogen and oxygen atoms in total. The van der Waals surface area contributed by atoms with Gasteiger partial charge >= 0.3 is 5.97 Å². The highest BCUT2D eigenvalue weighted by molar-refractivity contribution is 5.91. The van der Waals surface area contributed by atoms with Crippen LogP contribution < -0.4 is 0 Å². The third kappa shape index (κ3) is 3.35. The molecule has 5 heteroatoms. The molecule has 1 amide bonds. The predicted octanol–water partition coefficient (Wildman–Crippen LogP) is 4.30. The number of nitrogens with zero attached hydrogens (tertiary/aromatic N) is 1. The van der Waals surface area contributed by atoms with Crippen molar-refractivity contribution in [2.24, 2.45) is 11.8 Å². The van der Waals surface area contributed by atoms with Crippen molar-refractivity contribution in [1.29, 1.82) is 0 Å². The molecule has 6 rings (SSSR count). The van der Waals surface area contributed by atoms with Crippen molar-refractivity contribution in [2.45, 2.75) is 24.4 Å². The molecule has 0 N–H and O–H groups in total. The maximum atomic E-state index is 14.0. The average Bonchev–Trinajstić information content (AvgIpc) is 3.53. The first-order valence-corrected chi connectivity index (χ1v) is 11.6. The number of ether oxygens (including phenoxy) is 2. The molecule has 1 spiro atoms. The Balaban J connectivity index is 1.31. The fourth-order valence-corrected chi connectivity index (χ4v) is 5.66. The Morgan fingerprint density at radius 3 is 2.15 bits per heavy atom. The number of amides is 1. The molecule has 170 valence electrons. The molecule has 4 atom stereocenters. The van der Waals surface area contributed by atoms with Crippen LogP contribution in [0.5, 0.6) is 0 Å². The summed E-state index contributed by atoms with van der Waals surface area (Å²) in [6, 6.07) is 29.3. The molecule has 3 heterocycles. The lowest BCUT2D eigenvalue weighted by molar-refractivity contribution is -0.155. The summed E-state index contributed by atoms with van der Waals surface area (Å²) in [7, 11) is 0. The number of carbonyl (C=O) groups excluding carboxylic acids is 2. The van der Waals surface area contributed by atoms with Crippen LogP contribution in [0.3, 0.4) is 0 Å². The van der Waals surface area contributed by atoms with Crippen LogP contribution in [0.2, 0.25) is 0 Å². The number of benzene rings is 3. The first-order chi connectivity index (χ1) is 16.7. The number of rotatable bonds is 6. The van der Waals surface area contributed by atoms with Gasteiger partial charge in [-0.25, -0.2) is 0 Å². The van der Waals surface area contributed by atoms with Crippen LogP contribution in [0, 0.1) is 11.8 Å². The minimum Gasteiger partial charge on any atom is -0.460 e. The number of esters is 1. The summed E-state index contributed by atoms with van der Waals surface area (Å²) in [6.07, 6.45) is 3.47. The van der Waals surface area contributed by atoms with Crippen molar-refractivity contribution < 1.29 is 19.1 Å². The van der Waals surface area contributed by atoms with Gasteiger partial charge in [0.15, 0.2) is 0 Å². The molecule has 2 fully saturated rings. The van der Waals surface area contributed by atoms with E-state index in [0.717, 1.165) is 16.7 Å². The van der Waals surface area contributed by atoms with Gasteiger partial charge in [0.05, 0.1) is 24.6 Å².